The van der Waals surface area contributed by atoms with E-state index in [-0.39, 0.29) is 17.5 Å². The summed E-state index contributed by atoms with van der Waals surface area (Å²) < 4.78 is 3.08. The van der Waals surface area contributed by atoms with E-state index in [2.05, 4.69) is 20.4 Å². The SMILES string of the molecule is Cn1ccnc(N2CCC[C@@H](NC(=O)c3cnn4cccnc34)C2)c1=O. The van der Waals surface area contributed by atoms with E-state index in [0.29, 0.717) is 23.6 Å². The van der Waals surface area contributed by atoms with Gasteiger partial charge in [0, 0.05) is 51.0 Å². The van der Waals surface area contributed by atoms with Crippen molar-refractivity contribution in [3.63, 3.8) is 0 Å². The van der Waals surface area contributed by atoms with Crippen LogP contribution >= 0.6 is 0 Å². The van der Waals surface area contributed by atoms with Crippen molar-refractivity contribution in [1.29, 1.82) is 0 Å². The van der Waals surface area contributed by atoms with E-state index in [1.165, 1.54) is 10.8 Å². The van der Waals surface area contributed by atoms with Gasteiger partial charge in [-0.05, 0) is 18.9 Å². The number of piperidine rings is 1. The van der Waals surface area contributed by atoms with Crippen LogP contribution in [0.25, 0.3) is 5.65 Å². The molecule has 0 spiro atoms. The zero-order chi connectivity index (χ0) is 18.1. The van der Waals surface area contributed by atoms with Crippen molar-refractivity contribution < 1.29 is 4.79 Å². The summed E-state index contributed by atoms with van der Waals surface area (Å²) in [5.74, 6) is 0.214. The summed E-state index contributed by atoms with van der Waals surface area (Å²) >= 11 is 0. The van der Waals surface area contributed by atoms with Crippen LogP contribution in [0.2, 0.25) is 0 Å². The van der Waals surface area contributed by atoms with E-state index in [4.69, 9.17) is 0 Å². The minimum absolute atomic E-state index is 0.0679. The van der Waals surface area contributed by atoms with Crippen LogP contribution < -0.4 is 15.8 Å². The Hall–Kier alpha value is -3.23. The predicted molar refractivity (Wildman–Crippen MR) is 95.2 cm³/mol. The van der Waals surface area contributed by atoms with Crippen molar-refractivity contribution in [1.82, 2.24) is 29.5 Å². The largest absolute Gasteiger partial charge is 0.350 e. The molecular weight excluding hydrogens is 334 g/mol. The van der Waals surface area contributed by atoms with Crippen LogP contribution in [0, 0.1) is 0 Å². The lowest BCUT2D eigenvalue weighted by molar-refractivity contribution is 0.0934. The molecule has 1 saturated heterocycles. The van der Waals surface area contributed by atoms with Gasteiger partial charge < -0.3 is 14.8 Å². The molecule has 4 heterocycles. The average Bonchev–Trinajstić information content (AvgIpc) is 3.08. The standard InChI is InChI=1S/C17H19N7O2/c1-22-9-6-19-15(17(22)26)23-7-2-4-12(11-23)21-16(25)13-10-20-24-8-3-5-18-14(13)24/h3,5-6,8-10,12H,2,4,7,11H2,1H3,(H,21,25)/t12-/m1/s1. The highest BCUT2D eigenvalue weighted by atomic mass is 16.2. The first-order chi connectivity index (χ1) is 12.6. The third-order valence-electron chi connectivity index (χ3n) is 4.58. The Morgan fingerprint density at radius 1 is 1.27 bits per heavy atom. The number of aryl methyl sites for hydroxylation is 1. The monoisotopic (exact) mass is 353 g/mol. The van der Waals surface area contributed by atoms with Crippen LogP contribution in [0.1, 0.15) is 23.2 Å². The van der Waals surface area contributed by atoms with Crippen LogP contribution in [-0.2, 0) is 7.05 Å². The maximum atomic E-state index is 12.6. The fourth-order valence-electron chi connectivity index (χ4n) is 3.24. The fourth-order valence-corrected chi connectivity index (χ4v) is 3.24. The normalized spacial score (nSPS) is 17.4. The summed E-state index contributed by atoms with van der Waals surface area (Å²) in [7, 11) is 1.70. The molecule has 0 radical (unpaired) electrons. The lowest BCUT2D eigenvalue weighted by Gasteiger charge is -2.33. The Kier molecular flexibility index (Phi) is 4.11. The topological polar surface area (TPSA) is 97.4 Å². The van der Waals surface area contributed by atoms with E-state index in [1.54, 1.807) is 42.4 Å². The third kappa shape index (κ3) is 2.92. The highest BCUT2D eigenvalue weighted by Gasteiger charge is 2.25. The molecule has 0 bridgehead atoms. The van der Waals surface area contributed by atoms with Crippen LogP contribution in [0.5, 0.6) is 0 Å². The highest BCUT2D eigenvalue weighted by molar-refractivity contribution is 5.99. The smallest absolute Gasteiger partial charge is 0.293 e. The first-order valence-corrected chi connectivity index (χ1v) is 8.49. The number of hydrogen-bond donors (Lipinski definition) is 1. The number of carbonyl (C=O) groups is 1. The lowest BCUT2D eigenvalue weighted by Crippen LogP contribution is -2.49. The fraction of sp³-hybridized carbons (Fsp3) is 0.353. The Morgan fingerprint density at radius 3 is 3.04 bits per heavy atom. The molecule has 1 aliphatic heterocycles. The van der Waals surface area contributed by atoms with Gasteiger partial charge in [-0.3, -0.25) is 9.59 Å². The molecule has 1 amide bonds. The van der Waals surface area contributed by atoms with E-state index in [1.807, 2.05) is 4.90 Å². The van der Waals surface area contributed by atoms with E-state index >= 15 is 0 Å². The summed E-state index contributed by atoms with van der Waals surface area (Å²) in [5.41, 5.74) is 0.832. The lowest BCUT2D eigenvalue weighted by atomic mass is 10.1. The van der Waals surface area contributed by atoms with Gasteiger partial charge in [0.05, 0.1) is 6.20 Å². The van der Waals surface area contributed by atoms with Crippen LogP contribution in [0.3, 0.4) is 0 Å². The number of anilines is 1. The summed E-state index contributed by atoms with van der Waals surface area (Å²) in [6.07, 6.45) is 9.87. The van der Waals surface area contributed by atoms with E-state index in [9.17, 15) is 9.59 Å². The number of carbonyl (C=O) groups excluding carboxylic acids is 1. The summed E-state index contributed by atoms with van der Waals surface area (Å²) in [6.45, 7) is 1.29. The molecule has 134 valence electrons. The van der Waals surface area contributed by atoms with Gasteiger partial charge in [0.25, 0.3) is 11.5 Å². The minimum atomic E-state index is -0.209. The Bertz CT molecular complexity index is 1010. The van der Waals surface area contributed by atoms with E-state index in [0.717, 1.165) is 19.4 Å². The first kappa shape index (κ1) is 16.2. The molecule has 0 aliphatic carbocycles. The number of hydrogen-bond acceptors (Lipinski definition) is 6. The van der Waals surface area contributed by atoms with Gasteiger partial charge in [0.1, 0.15) is 5.56 Å². The Balaban J connectivity index is 1.51. The molecule has 1 fully saturated rings. The molecule has 9 nitrogen and oxygen atoms in total. The maximum Gasteiger partial charge on any atom is 0.293 e. The average molecular weight is 353 g/mol. The van der Waals surface area contributed by atoms with Crippen molar-refractivity contribution in [2.75, 3.05) is 18.0 Å². The minimum Gasteiger partial charge on any atom is -0.350 e. The summed E-state index contributed by atoms with van der Waals surface area (Å²) in [4.78, 5) is 35.3. The second-order valence-electron chi connectivity index (χ2n) is 6.37. The van der Waals surface area contributed by atoms with Crippen molar-refractivity contribution in [2.45, 2.75) is 18.9 Å². The van der Waals surface area contributed by atoms with Crippen LogP contribution in [-0.4, -0.2) is 49.2 Å². The van der Waals surface area contributed by atoms with E-state index < -0.39 is 0 Å². The molecule has 1 atom stereocenters. The molecule has 0 aromatic carbocycles. The number of amides is 1. The molecule has 3 aromatic rings. The highest BCUT2D eigenvalue weighted by Crippen LogP contribution is 2.15. The molecule has 26 heavy (non-hydrogen) atoms. The summed E-state index contributed by atoms with van der Waals surface area (Å²) in [5, 5.41) is 7.18. The van der Waals surface area contributed by atoms with Crippen molar-refractivity contribution >= 4 is 17.4 Å². The second kappa shape index (κ2) is 6.58. The number of nitrogens with one attached hydrogen (secondary N) is 1. The van der Waals surface area contributed by atoms with Gasteiger partial charge >= 0.3 is 0 Å². The molecule has 9 heteroatoms. The van der Waals surface area contributed by atoms with Gasteiger partial charge in [0.2, 0.25) is 0 Å². The van der Waals surface area contributed by atoms with Gasteiger partial charge in [0.15, 0.2) is 11.5 Å². The van der Waals surface area contributed by atoms with Crippen molar-refractivity contribution in [3.8, 4) is 0 Å². The molecule has 0 saturated carbocycles. The predicted octanol–water partition coefficient (Wildman–Crippen LogP) is 0.222. The molecule has 1 N–H and O–H groups in total. The second-order valence-corrected chi connectivity index (χ2v) is 6.37. The van der Waals surface area contributed by atoms with Gasteiger partial charge in [-0.25, -0.2) is 14.5 Å². The molecule has 0 unspecified atom stereocenters. The molecular formula is C17H19N7O2. The zero-order valence-electron chi connectivity index (χ0n) is 14.4. The molecule has 4 rings (SSSR count). The van der Waals surface area contributed by atoms with Crippen LogP contribution in [0.15, 0.2) is 41.8 Å². The zero-order valence-corrected chi connectivity index (χ0v) is 14.4. The molecule has 1 aliphatic rings. The van der Waals surface area contributed by atoms with Crippen molar-refractivity contribution in [2.24, 2.45) is 7.05 Å². The maximum absolute atomic E-state index is 12.6. The van der Waals surface area contributed by atoms with Gasteiger partial charge in [-0.15, -0.1) is 0 Å². The summed E-state index contributed by atoms with van der Waals surface area (Å²) in [6, 6.07) is 1.69. The number of fused-ring (bicyclic) bond motifs is 1. The Labute approximate surface area is 149 Å². The van der Waals surface area contributed by atoms with Gasteiger partial charge in [-0.1, -0.05) is 0 Å². The first-order valence-electron chi connectivity index (χ1n) is 8.49. The molecule has 3 aromatic heterocycles. The number of aromatic nitrogens is 5. The third-order valence-corrected chi connectivity index (χ3v) is 4.58. The van der Waals surface area contributed by atoms with Gasteiger partial charge in [-0.2, -0.15) is 5.10 Å². The number of nitrogens with zero attached hydrogens (tertiary/aromatic N) is 6. The van der Waals surface area contributed by atoms with Crippen LogP contribution in [0.4, 0.5) is 5.82 Å². The number of rotatable bonds is 3. The quantitative estimate of drug-likeness (QED) is 0.724. The van der Waals surface area contributed by atoms with Crippen molar-refractivity contribution in [3.05, 3.63) is 53.0 Å². The Morgan fingerprint density at radius 2 is 2.15 bits per heavy atom.